The molecular weight excluding hydrogens is 358 g/mol. The summed E-state index contributed by atoms with van der Waals surface area (Å²) >= 11 is 5.23. The van der Waals surface area contributed by atoms with E-state index in [1.807, 2.05) is 37.3 Å². The van der Waals surface area contributed by atoms with Gasteiger partial charge in [0.25, 0.3) is 5.91 Å². The van der Waals surface area contributed by atoms with Gasteiger partial charge in [0.1, 0.15) is 5.82 Å². The maximum Gasteiger partial charge on any atom is 0.269 e. The van der Waals surface area contributed by atoms with E-state index < -0.39 is 0 Å². The summed E-state index contributed by atoms with van der Waals surface area (Å²) in [5, 5.41) is 3.36. The third kappa shape index (κ3) is 4.25. The highest BCUT2D eigenvalue weighted by Gasteiger charge is 2.11. The summed E-state index contributed by atoms with van der Waals surface area (Å²) in [6.07, 6.45) is 0.986. The van der Waals surface area contributed by atoms with Crippen LogP contribution in [0, 0.1) is 6.92 Å². The molecule has 140 valence electrons. The predicted molar refractivity (Wildman–Crippen MR) is 113 cm³/mol. The Bertz CT molecular complexity index is 978. The van der Waals surface area contributed by atoms with E-state index in [-0.39, 0.29) is 5.91 Å². The number of imidazole rings is 1. The molecule has 0 aliphatic heterocycles. The first-order valence-electron chi connectivity index (χ1n) is 8.95. The number of hydrazine groups is 1. The highest BCUT2D eigenvalue weighted by Crippen LogP contribution is 2.17. The van der Waals surface area contributed by atoms with Gasteiger partial charge in [-0.05, 0) is 68.4 Å². The lowest BCUT2D eigenvalue weighted by molar-refractivity contribution is 0.0944. The van der Waals surface area contributed by atoms with E-state index in [1.165, 1.54) is 5.56 Å². The summed E-state index contributed by atoms with van der Waals surface area (Å²) in [5.74, 6) is 0.661. The molecule has 0 aliphatic carbocycles. The molecule has 27 heavy (non-hydrogen) atoms. The molecule has 3 aromatic rings. The first-order valence-corrected chi connectivity index (χ1v) is 9.35. The Kier molecular flexibility index (Phi) is 5.71. The Labute approximate surface area is 164 Å². The number of carbonyl (C=O) groups is 1. The number of hydrogen-bond acceptors (Lipinski definition) is 3. The average molecular weight is 382 g/mol. The topological polar surface area (TPSA) is 71.0 Å². The molecule has 0 unspecified atom stereocenters. The van der Waals surface area contributed by atoms with Crippen LogP contribution in [0.4, 0.5) is 5.69 Å². The van der Waals surface area contributed by atoms with Gasteiger partial charge in [0.2, 0.25) is 0 Å². The van der Waals surface area contributed by atoms with Crippen LogP contribution in [0.5, 0.6) is 0 Å². The van der Waals surface area contributed by atoms with Crippen molar-refractivity contribution < 1.29 is 4.79 Å². The van der Waals surface area contributed by atoms with Crippen molar-refractivity contribution in [1.29, 1.82) is 0 Å². The second-order valence-corrected chi connectivity index (χ2v) is 6.60. The molecule has 0 aliphatic rings. The molecule has 1 heterocycles. The van der Waals surface area contributed by atoms with Crippen molar-refractivity contribution in [2.24, 2.45) is 0 Å². The minimum Gasteiger partial charge on any atom is -0.331 e. The summed E-state index contributed by atoms with van der Waals surface area (Å²) < 4.78 is 2.11. The van der Waals surface area contributed by atoms with E-state index in [2.05, 4.69) is 39.6 Å². The number of carbonyl (C=O) groups excluding carboxylic acids is 1. The summed E-state index contributed by atoms with van der Waals surface area (Å²) in [6.45, 7) is 6.98. The van der Waals surface area contributed by atoms with Gasteiger partial charge in [-0.15, -0.1) is 0 Å². The number of anilines is 1. The molecule has 2 aromatic carbocycles. The summed E-state index contributed by atoms with van der Waals surface area (Å²) in [7, 11) is 0. The van der Waals surface area contributed by atoms with Gasteiger partial charge in [-0.3, -0.25) is 15.6 Å². The fraction of sp³-hybridized carbons (Fsp3) is 0.250. The minimum atomic E-state index is -0.272. The van der Waals surface area contributed by atoms with Crippen molar-refractivity contribution in [2.45, 2.75) is 33.7 Å². The van der Waals surface area contributed by atoms with Crippen LogP contribution in [-0.2, 0) is 13.0 Å². The van der Waals surface area contributed by atoms with E-state index in [1.54, 1.807) is 12.1 Å². The molecule has 0 saturated heterocycles. The van der Waals surface area contributed by atoms with Crippen molar-refractivity contribution in [3.63, 3.8) is 0 Å². The monoisotopic (exact) mass is 381 g/mol. The first-order chi connectivity index (χ1) is 13.0. The van der Waals surface area contributed by atoms with Crippen molar-refractivity contribution in [3.8, 4) is 0 Å². The zero-order chi connectivity index (χ0) is 19.4. The third-order valence-electron chi connectivity index (χ3n) is 4.43. The largest absolute Gasteiger partial charge is 0.331 e. The lowest BCUT2D eigenvalue weighted by Gasteiger charge is -2.12. The molecule has 0 fully saturated rings. The molecule has 0 atom stereocenters. The van der Waals surface area contributed by atoms with E-state index >= 15 is 0 Å². The minimum absolute atomic E-state index is 0.272. The highest BCUT2D eigenvalue weighted by molar-refractivity contribution is 7.80. The molecular formula is C20H23N5OS. The number of nitrogens with one attached hydrogen (secondary N) is 3. The number of fused-ring (bicyclic) bond motifs is 1. The van der Waals surface area contributed by atoms with Gasteiger partial charge < -0.3 is 9.88 Å². The number of nitrogens with zero attached hydrogens (tertiary/aromatic N) is 2. The van der Waals surface area contributed by atoms with Crippen LogP contribution in [-0.4, -0.2) is 20.6 Å². The van der Waals surface area contributed by atoms with Crippen LogP contribution in [0.2, 0.25) is 0 Å². The van der Waals surface area contributed by atoms with Gasteiger partial charge >= 0.3 is 0 Å². The van der Waals surface area contributed by atoms with Crippen LogP contribution in [0.25, 0.3) is 11.0 Å². The zero-order valence-electron chi connectivity index (χ0n) is 15.7. The van der Waals surface area contributed by atoms with Crippen LogP contribution < -0.4 is 16.2 Å². The van der Waals surface area contributed by atoms with E-state index in [4.69, 9.17) is 12.2 Å². The number of thiocarbonyl (C=S) groups is 1. The summed E-state index contributed by atoms with van der Waals surface area (Å²) in [6, 6.07) is 13.5. The fourth-order valence-electron chi connectivity index (χ4n) is 2.96. The lowest BCUT2D eigenvalue weighted by atomic mass is 10.1. The van der Waals surface area contributed by atoms with Crippen molar-refractivity contribution in [1.82, 2.24) is 20.4 Å². The van der Waals surface area contributed by atoms with E-state index in [0.717, 1.165) is 35.5 Å². The number of aryl methyl sites for hydroxylation is 3. The second kappa shape index (κ2) is 8.18. The number of hydrogen-bond donors (Lipinski definition) is 3. The summed E-state index contributed by atoms with van der Waals surface area (Å²) in [5.41, 5.74) is 9.80. The lowest BCUT2D eigenvalue weighted by Crippen LogP contribution is -2.43. The number of aromatic nitrogens is 2. The predicted octanol–water partition coefficient (Wildman–Crippen LogP) is 3.56. The van der Waals surface area contributed by atoms with Crippen LogP contribution in [0.15, 0.2) is 42.5 Å². The van der Waals surface area contributed by atoms with E-state index in [9.17, 15) is 4.79 Å². The molecule has 3 N–H and O–H groups in total. The Morgan fingerprint density at radius 1 is 1.11 bits per heavy atom. The Balaban J connectivity index is 1.61. The van der Waals surface area contributed by atoms with Crippen LogP contribution >= 0.6 is 12.2 Å². The Morgan fingerprint density at radius 2 is 1.85 bits per heavy atom. The van der Waals surface area contributed by atoms with Gasteiger partial charge in [-0.1, -0.05) is 19.1 Å². The highest BCUT2D eigenvalue weighted by atomic mass is 32.1. The molecule has 0 radical (unpaired) electrons. The normalized spacial score (nSPS) is 10.6. The van der Waals surface area contributed by atoms with Crippen LogP contribution in [0.1, 0.15) is 35.6 Å². The fourth-order valence-corrected chi connectivity index (χ4v) is 3.13. The maximum atomic E-state index is 12.4. The average Bonchev–Trinajstić information content (AvgIpc) is 3.00. The maximum absolute atomic E-state index is 12.4. The van der Waals surface area contributed by atoms with Gasteiger partial charge in [-0.2, -0.15) is 0 Å². The molecule has 7 heteroatoms. The molecule has 6 nitrogen and oxygen atoms in total. The number of amides is 1. The number of rotatable bonds is 4. The molecule has 0 bridgehead atoms. The van der Waals surface area contributed by atoms with Crippen molar-refractivity contribution in [2.75, 3.05) is 5.32 Å². The zero-order valence-corrected chi connectivity index (χ0v) is 16.5. The second-order valence-electron chi connectivity index (χ2n) is 6.19. The summed E-state index contributed by atoms with van der Waals surface area (Å²) in [4.78, 5) is 16.9. The van der Waals surface area contributed by atoms with Gasteiger partial charge in [0, 0.05) is 17.8 Å². The molecule has 3 rings (SSSR count). The third-order valence-corrected chi connectivity index (χ3v) is 4.63. The van der Waals surface area contributed by atoms with Crippen molar-refractivity contribution in [3.05, 3.63) is 59.4 Å². The first kappa shape index (κ1) is 18.8. The van der Waals surface area contributed by atoms with Crippen molar-refractivity contribution >= 4 is 40.0 Å². The molecule has 0 spiro atoms. The van der Waals surface area contributed by atoms with Gasteiger partial charge in [0.05, 0.1) is 11.0 Å². The van der Waals surface area contributed by atoms with Gasteiger partial charge in [0.15, 0.2) is 5.11 Å². The SMILES string of the molecule is CCc1ccc(NC(=S)NNC(=O)c2ccc3c(c2)nc(C)n3CC)cc1. The number of benzene rings is 2. The smallest absolute Gasteiger partial charge is 0.269 e. The Hall–Kier alpha value is -2.93. The molecule has 1 amide bonds. The molecule has 1 aromatic heterocycles. The quantitative estimate of drug-likeness (QED) is 0.476. The standard InChI is InChI=1S/C20H23N5OS/c1-4-14-6-9-16(10-7-14)22-20(27)24-23-19(26)15-8-11-18-17(12-15)21-13(3)25(18)5-2/h6-12H,4-5H2,1-3H3,(H,23,26)(H2,22,24,27). The van der Waals surface area contributed by atoms with Gasteiger partial charge in [-0.25, -0.2) is 4.98 Å². The van der Waals surface area contributed by atoms with Crippen LogP contribution in [0.3, 0.4) is 0 Å². The Morgan fingerprint density at radius 3 is 2.52 bits per heavy atom. The van der Waals surface area contributed by atoms with E-state index in [0.29, 0.717) is 10.7 Å². The molecule has 0 saturated carbocycles.